The summed E-state index contributed by atoms with van der Waals surface area (Å²) in [5.41, 5.74) is 5.53. The lowest BCUT2D eigenvalue weighted by Crippen LogP contribution is -2.37. The lowest BCUT2D eigenvalue weighted by Gasteiger charge is -2.13. The Morgan fingerprint density at radius 1 is 1.50 bits per heavy atom. The van der Waals surface area contributed by atoms with Crippen molar-refractivity contribution in [2.75, 3.05) is 6.61 Å². The van der Waals surface area contributed by atoms with E-state index in [1.165, 1.54) is 0 Å². The average Bonchev–Trinajstić information content (AvgIpc) is 1.98. The number of carbonyl (C=O) groups excluding carboxylic acids is 1. The van der Waals surface area contributed by atoms with Crippen LogP contribution >= 0.6 is 12.4 Å². The zero-order valence-corrected chi connectivity index (χ0v) is 8.69. The molecule has 74 valence electrons. The van der Waals surface area contributed by atoms with Crippen molar-refractivity contribution in [3.63, 3.8) is 0 Å². The monoisotopic (exact) mass is 195 g/mol. The van der Waals surface area contributed by atoms with Gasteiger partial charge in [-0.15, -0.1) is 12.4 Å². The first-order valence-electron chi connectivity index (χ1n) is 4.01. The summed E-state index contributed by atoms with van der Waals surface area (Å²) in [6.07, 6.45) is 0.844. The van der Waals surface area contributed by atoms with Crippen molar-refractivity contribution in [2.24, 2.45) is 11.7 Å². The van der Waals surface area contributed by atoms with Crippen LogP contribution in [0, 0.1) is 5.92 Å². The normalized spacial score (nSPS) is 12.1. The van der Waals surface area contributed by atoms with Gasteiger partial charge < -0.3 is 10.5 Å². The first-order valence-corrected chi connectivity index (χ1v) is 4.01. The van der Waals surface area contributed by atoms with Gasteiger partial charge in [0, 0.05) is 0 Å². The minimum Gasteiger partial charge on any atom is -0.465 e. The topological polar surface area (TPSA) is 52.3 Å². The van der Waals surface area contributed by atoms with E-state index in [2.05, 4.69) is 0 Å². The fourth-order valence-corrected chi connectivity index (χ4v) is 0.571. The van der Waals surface area contributed by atoms with Crippen LogP contribution in [-0.2, 0) is 9.53 Å². The van der Waals surface area contributed by atoms with E-state index < -0.39 is 6.04 Å². The smallest absolute Gasteiger partial charge is 0.323 e. The Morgan fingerprint density at radius 3 is 2.33 bits per heavy atom. The third-order valence-corrected chi connectivity index (χ3v) is 1.44. The predicted molar refractivity (Wildman–Crippen MR) is 51.3 cm³/mol. The van der Waals surface area contributed by atoms with Crippen LogP contribution in [0.4, 0.5) is 0 Å². The number of hydrogen-bond donors (Lipinski definition) is 1. The first kappa shape index (κ1) is 14.3. The van der Waals surface area contributed by atoms with Crippen LogP contribution in [-0.4, -0.2) is 18.6 Å². The number of esters is 1. The summed E-state index contributed by atoms with van der Waals surface area (Å²) in [5.74, 6) is -0.138. The maximum atomic E-state index is 11.0. The van der Waals surface area contributed by atoms with Crippen molar-refractivity contribution in [3.05, 3.63) is 0 Å². The molecule has 0 heterocycles. The Labute approximate surface area is 80.1 Å². The number of ether oxygens (including phenoxy) is 1. The number of hydrogen-bond acceptors (Lipinski definition) is 3. The van der Waals surface area contributed by atoms with Gasteiger partial charge in [-0.3, -0.25) is 4.79 Å². The molecule has 0 radical (unpaired) electrons. The van der Waals surface area contributed by atoms with Crippen molar-refractivity contribution in [1.82, 2.24) is 0 Å². The van der Waals surface area contributed by atoms with Crippen LogP contribution in [0.25, 0.3) is 0 Å². The molecule has 3 nitrogen and oxygen atoms in total. The van der Waals surface area contributed by atoms with E-state index in [-0.39, 0.29) is 24.3 Å². The highest BCUT2D eigenvalue weighted by Crippen LogP contribution is 2.00. The molecule has 0 aliphatic carbocycles. The molecule has 0 aromatic heterocycles. The van der Waals surface area contributed by atoms with E-state index in [1.807, 2.05) is 20.8 Å². The second-order valence-electron chi connectivity index (χ2n) is 2.94. The van der Waals surface area contributed by atoms with Gasteiger partial charge in [0.25, 0.3) is 0 Å². The largest absolute Gasteiger partial charge is 0.465 e. The van der Waals surface area contributed by atoms with Crippen molar-refractivity contribution >= 4 is 18.4 Å². The molecule has 4 heteroatoms. The molecule has 0 aromatic carbocycles. The molecule has 0 aromatic rings. The molecule has 2 N–H and O–H groups in total. The van der Waals surface area contributed by atoms with Crippen molar-refractivity contribution < 1.29 is 9.53 Å². The quantitative estimate of drug-likeness (QED) is 0.689. The summed E-state index contributed by atoms with van der Waals surface area (Å²) in [5, 5.41) is 0. The number of nitrogens with two attached hydrogens (primary N) is 1. The molecule has 0 fully saturated rings. The number of rotatable bonds is 4. The zero-order valence-electron chi connectivity index (χ0n) is 7.87. The Balaban J connectivity index is 0. The fourth-order valence-electron chi connectivity index (χ4n) is 0.571. The molecule has 0 unspecified atom stereocenters. The van der Waals surface area contributed by atoms with E-state index in [1.54, 1.807) is 0 Å². The van der Waals surface area contributed by atoms with Gasteiger partial charge in [-0.1, -0.05) is 20.8 Å². The second-order valence-corrected chi connectivity index (χ2v) is 2.94. The maximum absolute atomic E-state index is 11.0. The molecule has 0 amide bonds. The Hall–Kier alpha value is -0.280. The maximum Gasteiger partial charge on any atom is 0.323 e. The van der Waals surface area contributed by atoms with E-state index in [9.17, 15) is 4.79 Å². The molecule has 0 bridgehead atoms. The van der Waals surface area contributed by atoms with Gasteiger partial charge in [-0.25, -0.2) is 0 Å². The van der Waals surface area contributed by atoms with Crippen LogP contribution in [0.15, 0.2) is 0 Å². The molecule has 12 heavy (non-hydrogen) atoms. The van der Waals surface area contributed by atoms with Crippen molar-refractivity contribution in [3.8, 4) is 0 Å². The van der Waals surface area contributed by atoms with Gasteiger partial charge >= 0.3 is 5.97 Å². The first-order chi connectivity index (χ1) is 5.09. The summed E-state index contributed by atoms with van der Waals surface area (Å²) < 4.78 is 4.85. The van der Waals surface area contributed by atoms with Crippen LogP contribution in [0.5, 0.6) is 0 Å². The Kier molecular flexibility index (Phi) is 8.76. The fraction of sp³-hybridized carbons (Fsp3) is 0.875. The summed E-state index contributed by atoms with van der Waals surface area (Å²) in [6, 6.07) is -0.471. The molecule has 0 aliphatic rings. The minimum atomic E-state index is -0.471. The highest BCUT2D eigenvalue weighted by atomic mass is 35.5. The second kappa shape index (κ2) is 7.37. The van der Waals surface area contributed by atoms with Gasteiger partial charge in [0.05, 0.1) is 6.61 Å². The Bertz CT molecular complexity index is 128. The summed E-state index contributed by atoms with van der Waals surface area (Å²) in [4.78, 5) is 11.0. The lowest BCUT2D eigenvalue weighted by atomic mass is 10.1. The van der Waals surface area contributed by atoms with Gasteiger partial charge in [0.1, 0.15) is 6.04 Å². The van der Waals surface area contributed by atoms with Gasteiger partial charge in [-0.05, 0) is 12.3 Å². The zero-order chi connectivity index (χ0) is 8.85. The molecule has 0 saturated carbocycles. The molecule has 0 spiro atoms. The molecule has 0 rings (SSSR count). The Morgan fingerprint density at radius 2 is 2.00 bits per heavy atom. The number of carbonyl (C=O) groups is 1. The summed E-state index contributed by atoms with van der Waals surface area (Å²) in [7, 11) is 0. The van der Waals surface area contributed by atoms with Crippen molar-refractivity contribution in [1.29, 1.82) is 0 Å². The minimum absolute atomic E-state index is 0. The SMILES string of the molecule is CCCOC(=O)[C@@H](N)C(C)C.Cl. The van der Waals surface area contributed by atoms with Crippen molar-refractivity contribution in [2.45, 2.75) is 33.2 Å². The van der Waals surface area contributed by atoms with Gasteiger partial charge in [0.2, 0.25) is 0 Å². The van der Waals surface area contributed by atoms with Crippen LogP contribution in [0.3, 0.4) is 0 Å². The third kappa shape index (κ3) is 5.38. The van der Waals surface area contributed by atoms with E-state index in [0.717, 1.165) is 6.42 Å². The van der Waals surface area contributed by atoms with Crippen LogP contribution in [0.1, 0.15) is 27.2 Å². The van der Waals surface area contributed by atoms with Gasteiger partial charge in [-0.2, -0.15) is 0 Å². The standard InChI is InChI=1S/C8H17NO2.ClH/c1-4-5-11-8(10)7(9)6(2)3;/h6-7H,4-5,9H2,1-3H3;1H/t7-;/m0./s1. The summed E-state index contributed by atoms with van der Waals surface area (Å²) >= 11 is 0. The highest BCUT2D eigenvalue weighted by molar-refractivity contribution is 5.85. The number of halogens is 1. The molecule has 0 saturated heterocycles. The van der Waals surface area contributed by atoms with Crippen LogP contribution in [0.2, 0.25) is 0 Å². The van der Waals surface area contributed by atoms with E-state index in [0.29, 0.717) is 6.61 Å². The average molecular weight is 196 g/mol. The third-order valence-electron chi connectivity index (χ3n) is 1.44. The van der Waals surface area contributed by atoms with Crippen LogP contribution < -0.4 is 5.73 Å². The molecule has 1 atom stereocenters. The van der Waals surface area contributed by atoms with Gasteiger partial charge in [0.15, 0.2) is 0 Å². The van der Waals surface area contributed by atoms with E-state index >= 15 is 0 Å². The molecular weight excluding hydrogens is 178 g/mol. The lowest BCUT2D eigenvalue weighted by molar-refractivity contribution is -0.146. The summed E-state index contributed by atoms with van der Waals surface area (Å²) in [6.45, 7) is 6.23. The molecular formula is C8H18ClNO2. The molecule has 0 aliphatic heterocycles. The van der Waals surface area contributed by atoms with E-state index in [4.69, 9.17) is 10.5 Å². The highest BCUT2D eigenvalue weighted by Gasteiger charge is 2.17. The predicted octanol–water partition coefficient (Wildman–Crippen LogP) is 1.34.